The van der Waals surface area contributed by atoms with Gasteiger partial charge in [0.2, 0.25) is 0 Å². The van der Waals surface area contributed by atoms with Crippen molar-refractivity contribution in [1.82, 2.24) is 10.6 Å². The molecule has 0 spiro atoms. The summed E-state index contributed by atoms with van der Waals surface area (Å²) in [7, 11) is 0. The number of ether oxygens (including phenoxy) is 2. The normalized spacial score (nSPS) is 19.4. The van der Waals surface area contributed by atoms with Crippen LogP contribution in [-0.2, 0) is 14.9 Å². The fourth-order valence-corrected chi connectivity index (χ4v) is 3.95. The Morgan fingerprint density at radius 3 is 2.71 bits per heavy atom. The van der Waals surface area contributed by atoms with Crippen LogP contribution in [0, 0.1) is 12.8 Å². The summed E-state index contributed by atoms with van der Waals surface area (Å²) in [5.74, 6) is 1.60. The Hall–Kier alpha value is -1.59. The number of hydrogen-bond donors (Lipinski definition) is 2. The first-order chi connectivity index (χ1) is 13.7. The van der Waals surface area contributed by atoms with Gasteiger partial charge in [-0.1, -0.05) is 24.3 Å². The highest BCUT2D eigenvalue weighted by atomic mass is 16.5. The van der Waals surface area contributed by atoms with E-state index in [2.05, 4.69) is 48.7 Å². The van der Waals surface area contributed by atoms with E-state index in [0.717, 1.165) is 71.3 Å². The first-order valence-electron chi connectivity index (χ1n) is 11.0. The van der Waals surface area contributed by atoms with E-state index in [1.54, 1.807) is 0 Å². The third kappa shape index (κ3) is 6.21. The van der Waals surface area contributed by atoms with Crippen molar-refractivity contribution in [3.8, 4) is 0 Å². The summed E-state index contributed by atoms with van der Waals surface area (Å²) in [5.41, 5.74) is 3.10. The van der Waals surface area contributed by atoms with Gasteiger partial charge in [0.05, 0.1) is 6.54 Å². The fraction of sp³-hybridized carbons (Fsp3) is 0.696. The summed E-state index contributed by atoms with van der Waals surface area (Å²) in [6.07, 6.45) is 5.74. The van der Waals surface area contributed by atoms with Crippen LogP contribution in [-0.4, -0.2) is 52.0 Å². The molecule has 3 rings (SSSR count). The van der Waals surface area contributed by atoms with Crippen LogP contribution < -0.4 is 10.6 Å². The minimum Gasteiger partial charge on any atom is -0.381 e. The summed E-state index contributed by atoms with van der Waals surface area (Å²) in [5, 5.41) is 6.84. The Morgan fingerprint density at radius 1 is 1.21 bits per heavy atom. The topological polar surface area (TPSA) is 54.9 Å². The van der Waals surface area contributed by atoms with Crippen LogP contribution in [0.25, 0.3) is 0 Å². The van der Waals surface area contributed by atoms with Gasteiger partial charge in [0.1, 0.15) is 0 Å². The number of aliphatic imine (C=N–C) groups is 1. The molecule has 0 radical (unpaired) electrons. The van der Waals surface area contributed by atoms with Gasteiger partial charge in [-0.25, -0.2) is 0 Å². The van der Waals surface area contributed by atoms with Gasteiger partial charge in [-0.2, -0.15) is 0 Å². The van der Waals surface area contributed by atoms with Gasteiger partial charge < -0.3 is 20.1 Å². The highest BCUT2D eigenvalue weighted by Gasteiger charge is 2.44. The average Bonchev–Trinajstić information content (AvgIpc) is 3.50. The lowest BCUT2D eigenvalue weighted by Gasteiger charge is -2.21. The van der Waals surface area contributed by atoms with Crippen molar-refractivity contribution in [2.24, 2.45) is 10.9 Å². The number of guanidine groups is 1. The largest absolute Gasteiger partial charge is 0.381 e. The summed E-state index contributed by atoms with van der Waals surface area (Å²) in [6, 6.07) is 8.75. The van der Waals surface area contributed by atoms with Gasteiger partial charge in [0.15, 0.2) is 5.96 Å². The molecule has 0 atom stereocenters. The molecule has 1 aromatic carbocycles. The molecule has 1 saturated carbocycles. The Labute approximate surface area is 170 Å². The molecular weight excluding hydrogens is 350 g/mol. The third-order valence-electron chi connectivity index (χ3n) is 5.91. The molecule has 5 nitrogen and oxygen atoms in total. The zero-order valence-corrected chi connectivity index (χ0v) is 17.6. The van der Waals surface area contributed by atoms with Gasteiger partial charge in [-0.15, -0.1) is 0 Å². The van der Waals surface area contributed by atoms with Crippen molar-refractivity contribution in [3.63, 3.8) is 0 Å². The van der Waals surface area contributed by atoms with Crippen molar-refractivity contribution < 1.29 is 9.47 Å². The summed E-state index contributed by atoms with van der Waals surface area (Å²) in [6.45, 7) is 10.4. The molecule has 0 unspecified atom stereocenters. The second-order valence-electron chi connectivity index (χ2n) is 8.20. The number of hydrogen-bond acceptors (Lipinski definition) is 3. The van der Waals surface area contributed by atoms with Gasteiger partial charge in [0, 0.05) is 44.9 Å². The van der Waals surface area contributed by atoms with Gasteiger partial charge in [-0.05, 0) is 63.0 Å². The molecule has 156 valence electrons. The molecule has 1 aliphatic carbocycles. The molecule has 2 N–H and O–H groups in total. The highest BCUT2D eigenvalue weighted by molar-refractivity contribution is 5.79. The van der Waals surface area contributed by atoms with Crippen LogP contribution in [0.3, 0.4) is 0 Å². The van der Waals surface area contributed by atoms with Crippen molar-refractivity contribution in [2.45, 2.75) is 51.4 Å². The molecule has 1 saturated heterocycles. The van der Waals surface area contributed by atoms with Crippen LogP contribution >= 0.6 is 0 Å². The van der Waals surface area contributed by atoms with E-state index in [1.807, 2.05) is 0 Å². The van der Waals surface area contributed by atoms with E-state index in [0.29, 0.717) is 5.92 Å². The molecular formula is C23H37N3O2. The Kier molecular flexibility index (Phi) is 8.16. The SMILES string of the molecule is CCNC(=NCC1(c2ccccc2C)CC1)NCCCOCC1CCOCC1. The van der Waals surface area contributed by atoms with E-state index in [1.165, 1.54) is 24.0 Å². The smallest absolute Gasteiger partial charge is 0.191 e. The van der Waals surface area contributed by atoms with Crippen LogP contribution in [0.4, 0.5) is 0 Å². The number of nitrogens with zero attached hydrogens (tertiary/aromatic N) is 1. The highest BCUT2D eigenvalue weighted by Crippen LogP contribution is 2.49. The maximum absolute atomic E-state index is 5.85. The Bertz CT molecular complexity index is 622. The van der Waals surface area contributed by atoms with E-state index in [9.17, 15) is 0 Å². The molecule has 1 aromatic rings. The maximum Gasteiger partial charge on any atom is 0.191 e. The first kappa shape index (κ1) is 21.1. The summed E-state index contributed by atoms with van der Waals surface area (Å²) >= 11 is 0. The Balaban J connectivity index is 1.39. The Morgan fingerprint density at radius 2 is 2.00 bits per heavy atom. The van der Waals surface area contributed by atoms with E-state index < -0.39 is 0 Å². The van der Waals surface area contributed by atoms with E-state index in [4.69, 9.17) is 14.5 Å². The van der Waals surface area contributed by atoms with E-state index >= 15 is 0 Å². The zero-order chi connectivity index (χ0) is 19.7. The number of nitrogens with one attached hydrogen (secondary N) is 2. The first-order valence-corrected chi connectivity index (χ1v) is 11.0. The lowest BCUT2D eigenvalue weighted by atomic mass is 9.92. The maximum atomic E-state index is 5.85. The summed E-state index contributed by atoms with van der Waals surface area (Å²) in [4.78, 5) is 4.90. The average molecular weight is 388 g/mol. The second kappa shape index (κ2) is 10.8. The van der Waals surface area contributed by atoms with Gasteiger partial charge >= 0.3 is 0 Å². The predicted octanol–water partition coefficient (Wildman–Crippen LogP) is 3.42. The standard InChI is InChI=1S/C23H37N3O2/c1-3-24-22(25-13-6-14-28-17-20-9-15-27-16-10-20)26-18-23(11-12-23)21-8-5-4-7-19(21)2/h4-5,7-8,20H,3,6,9-18H2,1-2H3,(H2,24,25,26). The molecule has 1 aliphatic heterocycles. The molecule has 5 heteroatoms. The van der Waals surface area contributed by atoms with Gasteiger partial charge in [-0.3, -0.25) is 4.99 Å². The minimum atomic E-state index is 0.251. The predicted molar refractivity (Wildman–Crippen MR) is 115 cm³/mol. The van der Waals surface area contributed by atoms with Crippen molar-refractivity contribution in [1.29, 1.82) is 0 Å². The van der Waals surface area contributed by atoms with Crippen LogP contribution in [0.2, 0.25) is 0 Å². The van der Waals surface area contributed by atoms with Crippen LogP contribution in [0.5, 0.6) is 0 Å². The molecule has 28 heavy (non-hydrogen) atoms. The van der Waals surface area contributed by atoms with E-state index in [-0.39, 0.29) is 5.41 Å². The van der Waals surface area contributed by atoms with Crippen molar-refractivity contribution in [3.05, 3.63) is 35.4 Å². The molecule has 2 fully saturated rings. The minimum absolute atomic E-state index is 0.251. The molecule has 0 aromatic heterocycles. The number of aryl methyl sites for hydroxylation is 1. The van der Waals surface area contributed by atoms with Gasteiger partial charge in [0.25, 0.3) is 0 Å². The van der Waals surface area contributed by atoms with Crippen LogP contribution in [0.15, 0.2) is 29.3 Å². The fourth-order valence-electron chi connectivity index (χ4n) is 3.95. The van der Waals surface area contributed by atoms with Crippen molar-refractivity contribution in [2.75, 3.05) is 46.1 Å². The van der Waals surface area contributed by atoms with Crippen LogP contribution in [0.1, 0.15) is 50.2 Å². The zero-order valence-electron chi connectivity index (χ0n) is 17.6. The lowest BCUT2D eigenvalue weighted by Crippen LogP contribution is -2.38. The summed E-state index contributed by atoms with van der Waals surface area (Å²) < 4.78 is 11.2. The second-order valence-corrected chi connectivity index (χ2v) is 8.20. The molecule has 1 heterocycles. The third-order valence-corrected chi connectivity index (χ3v) is 5.91. The lowest BCUT2D eigenvalue weighted by molar-refractivity contribution is 0.0203. The number of rotatable bonds is 10. The molecule has 0 bridgehead atoms. The monoisotopic (exact) mass is 387 g/mol. The molecule has 2 aliphatic rings. The number of benzene rings is 1. The molecule has 0 amide bonds. The quantitative estimate of drug-likeness (QED) is 0.367. The van der Waals surface area contributed by atoms with Crippen molar-refractivity contribution >= 4 is 5.96 Å².